The van der Waals surface area contributed by atoms with E-state index in [1.54, 1.807) is 29.2 Å². The number of ether oxygens (including phenoxy) is 1. The van der Waals surface area contributed by atoms with Crippen LogP contribution in [-0.2, 0) is 9.53 Å². The highest BCUT2D eigenvalue weighted by Crippen LogP contribution is 2.26. The number of amides is 1. The van der Waals surface area contributed by atoms with E-state index in [9.17, 15) is 9.59 Å². The summed E-state index contributed by atoms with van der Waals surface area (Å²) in [6.45, 7) is 6.19. The number of benzene rings is 1. The minimum atomic E-state index is -0.513. The van der Waals surface area contributed by atoms with Gasteiger partial charge in [0.2, 0.25) is 5.91 Å². The lowest BCUT2D eigenvalue weighted by molar-refractivity contribution is -0.117. The fourth-order valence-corrected chi connectivity index (χ4v) is 2.51. The predicted molar refractivity (Wildman–Crippen MR) is 85.9 cm³/mol. The van der Waals surface area contributed by atoms with Gasteiger partial charge < -0.3 is 9.64 Å². The Kier molecular flexibility index (Phi) is 4.61. The van der Waals surface area contributed by atoms with Gasteiger partial charge in [-0.2, -0.15) is 12.6 Å². The van der Waals surface area contributed by atoms with Gasteiger partial charge >= 0.3 is 5.97 Å². The first-order chi connectivity index (χ1) is 9.80. The van der Waals surface area contributed by atoms with Crippen LogP contribution in [0.5, 0.6) is 0 Å². The van der Waals surface area contributed by atoms with Crippen LogP contribution < -0.4 is 4.90 Å². The van der Waals surface area contributed by atoms with Gasteiger partial charge in [-0.15, -0.1) is 0 Å². The molecule has 2 rings (SSSR count). The van der Waals surface area contributed by atoms with Crippen LogP contribution in [0.4, 0.5) is 5.69 Å². The number of carbonyl (C=O) groups is 2. The lowest BCUT2D eigenvalue weighted by Crippen LogP contribution is -2.25. The highest BCUT2D eigenvalue weighted by Gasteiger charge is 2.29. The fraction of sp³-hybridized carbons (Fsp3) is 0.500. The number of rotatable bonds is 3. The molecule has 1 saturated heterocycles. The quantitative estimate of drug-likeness (QED) is 0.690. The van der Waals surface area contributed by atoms with E-state index < -0.39 is 5.60 Å². The monoisotopic (exact) mass is 307 g/mol. The van der Waals surface area contributed by atoms with Crippen LogP contribution >= 0.6 is 12.6 Å². The summed E-state index contributed by atoms with van der Waals surface area (Å²) in [5.41, 5.74) is 0.795. The zero-order valence-corrected chi connectivity index (χ0v) is 13.5. The van der Waals surface area contributed by atoms with Gasteiger partial charge in [0.15, 0.2) is 0 Å². The molecular formula is C16H21NO3S. The van der Waals surface area contributed by atoms with E-state index in [1.165, 1.54) is 0 Å². The van der Waals surface area contributed by atoms with Gasteiger partial charge in [-0.1, -0.05) is 0 Å². The first kappa shape index (κ1) is 15.9. The molecule has 0 aromatic heterocycles. The van der Waals surface area contributed by atoms with Crippen LogP contribution in [-0.4, -0.2) is 29.8 Å². The van der Waals surface area contributed by atoms with Gasteiger partial charge in [-0.05, 0) is 56.7 Å². The van der Waals surface area contributed by atoms with Crippen molar-refractivity contribution in [1.29, 1.82) is 0 Å². The molecule has 1 aromatic carbocycles. The summed E-state index contributed by atoms with van der Waals surface area (Å²) >= 11 is 4.25. The molecule has 4 nitrogen and oxygen atoms in total. The fourth-order valence-electron chi connectivity index (χ4n) is 2.27. The number of thiol groups is 1. The topological polar surface area (TPSA) is 46.6 Å². The predicted octanol–water partition coefficient (Wildman–Crippen LogP) is 2.92. The second kappa shape index (κ2) is 6.10. The molecule has 1 atom stereocenters. The van der Waals surface area contributed by atoms with Gasteiger partial charge in [-0.3, -0.25) is 4.79 Å². The number of esters is 1. The van der Waals surface area contributed by atoms with Crippen molar-refractivity contribution in [3.05, 3.63) is 29.8 Å². The minimum absolute atomic E-state index is 0.110. The van der Waals surface area contributed by atoms with Gasteiger partial charge in [0.1, 0.15) is 5.60 Å². The van der Waals surface area contributed by atoms with E-state index >= 15 is 0 Å². The Bertz CT molecular complexity index is 533. The third kappa shape index (κ3) is 4.00. The maximum Gasteiger partial charge on any atom is 0.338 e. The second-order valence-corrected chi connectivity index (χ2v) is 6.67. The third-order valence-electron chi connectivity index (χ3n) is 3.28. The van der Waals surface area contributed by atoms with E-state index in [2.05, 4.69) is 12.6 Å². The molecule has 1 aliphatic rings. The van der Waals surface area contributed by atoms with E-state index in [4.69, 9.17) is 4.74 Å². The van der Waals surface area contributed by atoms with E-state index in [-0.39, 0.29) is 11.9 Å². The number of hydrogen-bond acceptors (Lipinski definition) is 4. The SMILES string of the molecule is CC(C)(C)OC(=O)c1ccc(N2CC(CS)CC2=O)cc1. The zero-order valence-electron chi connectivity index (χ0n) is 12.6. The normalized spacial score (nSPS) is 19.0. The molecule has 1 fully saturated rings. The Hall–Kier alpha value is -1.49. The Morgan fingerprint density at radius 1 is 1.33 bits per heavy atom. The molecule has 0 aliphatic carbocycles. The number of hydrogen-bond donors (Lipinski definition) is 1. The van der Waals surface area contributed by atoms with E-state index in [0.29, 0.717) is 30.2 Å². The van der Waals surface area contributed by atoms with Crippen molar-refractivity contribution in [3.8, 4) is 0 Å². The molecule has 1 unspecified atom stereocenters. The summed E-state index contributed by atoms with van der Waals surface area (Å²) in [5.74, 6) is 0.763. The molecule has 0 radical (unpaired) electrons. The largest absolute Gasteiger partial charge is 0.456 e. The molecular weight excluding hydrogens is 286 g/mol. The lowest BCUT2D eigenvalue weighted by Gasteiger charge is -2.20. The first-order valence-electron chi connectivity index (χ1n) is 7.05. The number of carbonyl (C=O) groups excluding carboxylic acids is 2. The van der Waals surface area contributed by atoms with E-state index in [0.717, 1.165) is 5.69 Å². The first-order valence-corrected chi connectivity index (χ1v) is 7.68. The van der Waals surface area contributed by atoms with Crippen molar-refractivity contribution in [1.82, 2.24) is 0 Å². The van der Waals surface area contributed by atoms with Gasteiger partial charge in [0, 0.05) is 18.7 Å². The molecule has 5 heteroatoms. The zero-order chi connectivity index (χ0) is 15.6. The molecule has 1 aliphatic heterocycles. The Balaban J connectivity index is 2.09. The Labute approximate surface area is 130 Å². The smallest absolute Gasteiger partial charge is 0.338 e. The summed E-state index contributed by atoms with van der Waals surface area (Å²) < 4.78 is 5.32. The molecule has 0 N–H and O–H groups in total. The van der Waals surface area contributed by atoms with Crippen LogP contribution in [0.3, 0.4) is 0 Å². The third-order valence-corrected chi connectivity index (χ3v) is 3.79. The van der Waals surface area contributed by atoms with Gasteiger partial charge in [0.25, 0.3) is 0 Å². The maximum absolute atomic E-state index is 12.0. The highest BCUT2D eigenvalue weighted by molar-refractivity contribution is 7.80. The summed E-state index contributed by atoms with van der Waals surface area (Å²) in [6, 6.07) is 6.98. The number of nitrogens with zero attached hydrogens (tertiary/aromatic N) is 1. The van der Waals surface area contributed by atoms with Gasteiger partial charge in [0.05, 0.1) is 5.56 Å². The second-order valence-electron chi connectivity index (χ2n) is 6.31. The van der Waals surface area contributed by atoms with Crippen LogP contribution in [0.2, 0.25) is 0 Å². The van der Waals surface area contributed by atoms with Crippen LogP contribution in [0.1, 0.15) is 37.6 Å². The molecule has 1 heterocycles. The molecule has 21 heavy (non-hydrogen) atoms. The summed E-state index contributed by atoms with van der Waals surface area (Å²) in [7, 11) is 0. The molecule has 114 valence electrons. The van der Waals surface area contributed by atoms with Crippen molar-refractivity contribution < 1.29 is 14.3 Å². The average molecular weight is 307 g/mol. The standard InChI is InChI=1S/C16H21NO3S/c1-16(2,3)20-15(19)12-4-6-13(7-5-12)17-9-11(10-21)8-14(17)18/h4-7,11,21H,8-10H2,1-3H3. The van der Waals surface area contributed by atoms with Crippen molar-refractivity contribution in [3.63, 3.8) is 0 Å². The molecule has 1 amide bonds. The van der Waals surface area contributed by atoms with Crippen LogP contribution in [0, 0.1) is 5.92 Å². The molecule has 0 bridgehead atoms. The minimum Gasteiger partial charge on any atom is -0.456 e. The Morgan fingerprint density at radius 3 is 2.43 bits per heavy atom. The van der Waals surface area contributed by atoms with Crippen molar-refractivity contribution >= 4 is 30.2 Å². The molecule has 0 spiro atoms. The lowest BCUT2D eigenvalue weighted by atomic mass is 10.1. The van der Waals surface area contributed by atoms with Crippen LogP contribution in [0.15, 0.2) is 24.3 Å². The van der Waals surface area contributed by atoms with Gasteiger partial charge in [-0.25, -0.2) is 4.79 Å². The maximum atomic E-state index is 12.0. The summed E-state index contributed by atoms with van der Waals surface area (Å²) in [4.78, 5) is 25.6. The summed E-state index contributed by atoms with van der Waals surface area (Å²) in [6.07, 6.45) is 0.539. The molecule has 1 aromatic rings. The highest BCUT2D eigenvalue weighted by atomic mass is 32.1. The van der Waals surface area contributed by atoms with Crippen molar-refractivity contribution in [2.75, 3.05) is 17.2 Å². The molecule has 0 saturated carbocycles. The Morgan fingerprint density at radius 2 is 1.95 bits per heavy atom. The van der Waals surface area contributed by atoms with Crippen molar-refractivity contribution in [2.45, 2.75) is 32.8 Å². The average Bonchev–Trinajstić information content (AvgIpc) is 2.78. The van der Waals surface area contributed by atoms with Crippen molar-refractivity contribution in [2.24, 2.45) is 5.92 Å². The van der Waals surface area contributed by atoms with E-state index in [1.807, 2.05) is 20.8 Å². The summed E-state index contributed by atoms with van der Waals surface area (Å²) in [5, 5.41) is 0. The number of anilines is 1. The van der Waals surface area contributed by atoms with Crippen LogP contribution in [0.25, 0.3) is 0 Å².